The normalized spacial score (nSPS) is 15.8. The number of nitrogens with one attached hydrogen (secondary N) is 1. The fourth-order valence-corrected chi connectivity index (χ4v) is 4.69. The van der Waals surface area contributed by atoms with Gasteiger partial charge in [-0.25, -0.2) is 0 Å². The molecule has 1 amide bonds. The van der Waals surface area contributed by atoms with Crippen LogP contribution in [0.15, 0.2) is 83.8 Å². The first-order chi connectivity index (χ1) is 14.1. The molecule has 140 valence electrons. The zero-order valence-electron chi connectivity index (χ0n) is 15.8. The lowest BCUT2D eigenvalue weighted by Crippen LogP contribution is -2.28. The van der Waals surface area contributed by atoms with Gasteiger partial charge in [0.05, 0.1) is 10.6 Å². The maximum absolute atomic E-state index is 13.2. The number of thioether (sulfide) groups is 1. The number of carbonyl (C=O) groups excluding carboxylic acids is 1. The highest BCUT2D eigenvalue weighted by Gasteiger charge is 2.34. The number of rotatable bonds is 2. The van der Waals surface area contributed by atoms with Crippen molar-refractivity contribution in [1.82, 2.24) is 0 Å². The highest BCUT2D eigenvalue weighted by atomic mass is 32.2. The number of amidine groups is 1. The molecular formula is C25H18N2OS. The highest BCUT2D eigenvalue weighted by Crippen LogP contribution is 2.38. The van der Waals surface area contributed by atoms with Crippen molar-refractivity contribution in [2.75, 3.05) is 4.90 Å². The van der Waals surface area contributed by atoms with Crippen LogP contribution >= 0.6 is 11.8 Å². The van der Waals surface area contributed by atoms with Crippen LogP contribution in [0.3, 0.4) is 0 Å². The summed E-state index contributed by atoms with van der Waals surface area (Å²) in [4.78, 5) is 15.3. The number of amides is 1. The second-order valence-electron chi connectivity index (χ2n) is 7.08. The van der Waals surface area contributed by atoms with Gasteiger partial charge in [-0.2, -0.15) is 0 Å². The average molecular weight is 394 g/mol. The van der Waals surface area contributed by atoms with Crippen molar-refractivity contribution in [3.8, 4) is 0 Å². The fourth-order valence-electron chi connectivity index (χ4n) is 3.86. The summed E-state index contributed by atoms with van der Waals surface area (Å²) in [7, 11) is 0. The summed E-state index contributed by atoms with van der Waals surface area (Å²) < 4.78 is 0. The molecule has 1 fully saturated rings. The Balaban J connectivity index is 1.69. The number of benzene rings is 4. The van der Waals surface area contributed by atoms with E-state index < -0.39 is 0 Å². The molecule has 4 aromatic carbocycles. The Bertz CT molecular complexity index is 1290. The van der Waals surface area contributed by atoms with Gasteiger partial charge in [0.15, 0.2) is 5.17 Å². The molecule has 0 radical (unpaired) electrons. The van der Waals surface area contributed by atoms with E-state index in [-0.39, 0.29) is 11.1 Å². The highest BCUT2D eigenvalue weighted by molar-refractivity contribution is 8.19. The SMILES string of the molecule is Cc1ccccc1N1C(=N)S/C(=C\c2c3ccccc3cc3ccccc23)C1=O. The summed E-state index contributed by atoms with van der Waals surface area (Å²) in [5, 5.41) is 13.1. The molecule has 0 aromatic heterocycles. The Hall–Kier alpha value is -3.37. The van der Waals surface area contributed by atoms with Crippen LogP contribution in [0.2, 0.25) is 0 Å². The molecule has 1 heterocycles. The Morgan fingerprint density at radius 3 is 2.10 bits per heavy atom. The van der Waals surface area contributed by atoms with Crippen LogP contribution in [-0.4, -0.2) is 11.1 Å². The van der Waals surface area contributed by atoms with Gasteiger partial charge in [-0.1, -0.05) is 66.7 Å². The van der Waals surface area contributed by atoms with E-state index in [0.29, 0.717) is 4.91 Å². The van der Waals surface area contributed by atoms with Crippen molar-refractivity contribution in [1.29, 1.82) is 5.41 Å². The van der Waals surface area contributed by atoms with Crippen LogP contribution in [0.5, 0.6) is 0 Å². The first-order valence-corrected chi connectivity index (χ1v) is 10.2. The quantitative estimate of drug-likeness (QED) is 0.318. The number of anilines is 1. The lowest BCUT2D eigenvalue weighted by molar-refractivity contribution is -0.113. The van der Waals surface area contributed by atoms with Gasteiger partial charge in [0, 0.05) is 0 Å². The van der Waals surface area contributed by atoms with Crippen molar-refractivity contribution in [2.45, 2.75) is 6.92 Å². The first-order valence-electron chi connectivity index (χ1n) is 9.42. The molecule has 0 aliphatic carbocycles. The van der Waals surface area contributed by atoms with Gasteiger partial charge in [0.2, 0.25) is 0 Å². The lowest BCUT2D eigenvalue weighted by Gasteiger charge is -2.16. The predicted molar refractivity (Wildman–Crippen MR) is 123 cm³/mol. The number of hydrogen-bond donors (Lipinski definition) is 1. The number of nitrogens with zero attached hydrogens (tertiary/aromatic N) is 1. The average Bonchev–Trinajstić information content (AvgIpc) is 3.01. The monoisotopic (exact) mass is 394 g/mol. The van der Waals surface area contributed by atoms with Gasteiger partial charge in [-0.3, -0.25) is 15.1 Å². The van der Waals surface area contributed by atoms with E-state index in [4.69, 9.17) is 5.41 Å². The molecule has 1 saturated heterocycles. The summed E-state index contributed by atoms with van der Waals surface area (Å²) >= 11 is 1.22. The Morgan fingerprint density at radius 2 is 1.45 bits per heavy atom. The fraction of sp³-hybridized carbons (Fsp3) is 0.0400. The number of fused-ring (bicyclic) bond motifs is 2. The lowest BCUT2D eigenvalue weighted by atomic mass is 9.96. The van der Waals surface area contributed by atoms with Crippen LogP contribution in [0.1, 0.15) is 11.1 Å². The molecule has 1 aliphatic rings. The Labute approximate surface area is 173 Å². The van der Waals surface area contributed by atoms with Gasteiger partial charge >= 0.3 is 0 Å². The largest absolute Gasteiger partial charge is 0.278 e. The van der Waals surface area contributed by atoms with Crippen LogP contribution in [-0.2, 0) is 4.79 Å². The van der Waals surface area contributed by atoms with Crippen molar-refractivity contribution in [2.24, 2.45) is 0 Å². The van der Waals surface area contributed by atoms with Gasteiger partial charge in [0.25, 0.3) is 5.91 Å². The maximum atomic E-state index is 13.2. The van der Waals surface area contributed by atoms with E-state index in [9.17, 15) is 4.79 Å². The van der Waals surface area contributed by atoms with E-state index in [2.05, 4.69) is 30.3 Å². The van der Waals surface area contributed by atoms with Crippen LogP contribution in [0.4, 0.5) is 5.69 Å². The summed E-state index contributed by atoms with van der Waals surface area (Å²) in [6.07, 6.45) is 1.95. The van der Waals surface area contributed by atoms with Gasteiger partial charge < -0.3 is 0 Å². The first kappa shape index (κ1) is 17.7. The molecule has 0 atom stereocenters. The van der Waals surface area contributed by atoms with E-state index in [1.54, 1.807) is 0 Å². The van der Waals surface area contributed by atoms with Crippen LogP contribution in [0.25, 0.3) is 27.6 Å². The summed E-state index contributed by atoms with van der Waals surface area (Å²) in [6, 6.07) is 26.3. The minimum atomic E-state index is -0.147. The van der Waals surface area contributed by atoms with Crippen molar-refractivity contribution >= 4 is 56.1 Å². The van der Waals surface area contributed by atoms with Crippen molar-refractivity contribution < 1.29 is 4.79 Å². The minimum absolute atomic E-state index is 0.147. The smallest absolute Gasteiger partial charge is 0.271 e. The van der Waals surface area contributed by atoms with Crippen LogP contribution in [0, 0.1) is 12.3 Å². The standard InChI is InChI=1S/C25H18N2OS/c1-16-8-2-7-13-22(16)27-24(28)23(29-25(27)26)15-21-19-11-5-3-9-17(19)14-18-10-4-6-12-20(18)21/h2-15,26H,1H3/b23-15-,26-25?. The molecule has 4 heteroatoms. The van der Waals surface area contributed by atoms with E-state index >= 15 is 0 Å². The predicted octanol–water partition coefficient (Wildman–Crippen LogP) is 6.36. The summed E-state index contributed by atoms with van der Waals surface area (Å²) in [6.45, 7) is 1.96. The zero-order valence-corrected chi connectivity index (χ0v) is 16.7. The number of aryl methyl sites for hydroxylation is 1. The minimum Gasteiger partial charge on any atom is -0.278 e. The second kappa shape index (κ2) is 6.90. The van der Waals surface area contributed by atoms with E-state index in [1.165, 1.54) is 16.7 Å². The third-order valence-electron chi connectivity index (χ3n) is 5.27. The van der Waals surface area contributed by atoms with Gasteiger partial charge in [-0.05, 0) is 69.6 Å². The van der Waals surface area contributed by atoms with Crippen LogP contribution < -0.4 is 4.90 Å². The molecular weight excluding hydrogens is 376 g/mol. The molecule has 29 heavy (non-hydrogen) atoms. The van der Waals surface area contributed by atoms with Gasteiger partial charge in [0.1, 0.15) is 0 Å². The maximum Gasteiger partial charge on any atom is 0.271 e. The molecule has 4 aromatic rings. The molecule has 0 unspecified atom stereocenters. The third-order valence-corrected chi connectivity index (χ3v) is 6.16. The van der Waals surface area contributed by atoms with E-state index in [1.807, 2.05) is 61.5 Å². The third kappa shape index (κ3) is 2.93. The molecule has 3 nitrogen and oxygen atoms in total. The number of hydrogen-bond acceptors (Lipinski definition) is 3. The van der Waals surface area contributed by atoms with Gasteiger partial charge in [-0.15, -0.1) is 0 Å². The Kier molecular flexibility index (Phi) is 4.22. The molecule has 5 rings (SSSR count). The molecule has 0 spiro atoms. The van der Waals surface area contributed by atoms with Crippen molar-refractivity contribution in [3.63, 3.8) is 0 Å². The molecule has 0 bridgehead atoms. The zero-order chi connectivity index (χ0) is 20.0. The Morgan fingerprint density at radius 1 is 0.862 bits per heavy atom. The number of para-hydroxylation sites is 1. The second-order valence-corrected chi connectivity index (χ2v) is 8.11. The molecule has 0 saturated carbocycles. The summed E-state index contributed by atoms with van der Waals surface area (Å²) in [5.74, 6) is -0.147. The van der Waals surface area contributed by atoms with Crippen molar-refractivity contribution in [3.05, 3.63) is 94.9 Å². The number of carbonyl (C=O) groups is 1. The topological polar surface area (TPSA) is 44.2 Å². The molecule has 1 N–H and O–H groups in total. The summed E-state index contributed by atoms with van der Waals surface area (Å²) in [5.41, 5.74) is 2.76. The molecule has 1 aliphatic heterocycles. The van der Waals surface area contributed by atoms with E-state index in [0.717, 1.165) is 38.4 Å².